The smallest absolute Gasteiger partial charge is 0.412 e. The Labute approximate surface area is 175 Å². The van der Waals surface area contributed by atoms with Crippen molar-refractivity contribution in [1.82, 2.24) is 0 Å². The molecular formula is C21H26N4O5. The van der Waals surface area contributed by atoms with Gasteiger partial charge in [-0.1, -0.05) is 0 Å². The second-order valence-corrected chi connectivity index (χ2v) is 7.89. The maximum absolute atomic E-state index is 11.9. The van der Waals surface area contributed by atoms with Gasteiger partial charge in [0.15, 0.2) is 0 Å². The number of morpholine rings is 1. The predicted octanol–water partition coefficient (Wildman–Crippen LogP) is 4.52. The molecule has 160 valence electrons. The van der Waals surface area contributed by atoms with Crippen molar-refractivity contribution in [2.75, 3.05) is 41.8 Å². The number of carbonyl (C=O) groups is 1. The molecule has 9 heteroatoms. The number of rotatable bonds is 5. The number of hydrogen-bond acceptors (Lipinski definition) is 7. The summed E-state index contributed by atoms with van der Waals surface area (Å²) in [5.74, 6) is 0. The molecule has 1 aliphatic heterocycles. The summed E-state index contributed by atoms with van der Waals surface area (Å²) in [5.41, 5.74) is 1.92. The summed E-state index contributed by atoms with van der Waals surface area (Å²) in [7, 11) is 0. The van der Waals surface area contributed by atoms with E-state index in [1.165, 1.54) is 6.07 Å². The molecule has 3 rings (SSSR count). The normalized spacial score (nSPS) is 14.2. The maximum atomic E-state index is 11.9. The van der Waals surface area contributed by atoms with Crippen molar-refractivity contribution in [1.29, 1.82) is 0 Å². The average molecular weight is 414 g/mol. The Hall–Kier alpha value is -3.33. The first-order valence-electron chi connectivity index (χ1n) is 9.69. The summed E-state index contributed by atoms with van der Waals surface area (Å²) in [6.07, 6.45) is -0.544. The van der Waals surface area contributed by atoms with Gasteiger partial charge < -0.3 is 19.7 Å². The molecule has 1 amide bonds. The van der Waals surface area contributed by atoms with Crippen LogP contribution in [0.3, 0.4) is 0 Å². The Kier molecular flexibility index (Phi) is 6.41. The van der Waals surface area contributed by atoms with Gasteiger partial charge in [-0.25, -0.2) is 4.79 Å². The number of ether oxygens (including phenoxy) is 2. The van der Waals surface area contributed by atoms with Gasteiger partial charge in [-0.15, -0.1) is 0 Å². The van der Waals surface area contributed by atoms with Crippen LogP contribution in [0.15, 0.2) is 42.5 Å². The van der Waals surface area contributed by atoms with Crippen LogP contribution >= 0.6 is 0 Å². The molecule has 2 aromatic rings. The first-order chi connectivity index (χ1) is 14.2. The molecule has 2 aromatic carbocycles. The van der Waals surface area contributed by atoms with Crippen molar-refractivity contribution in [2.45, 2.75) is 26.4 Å². The van der Waals surface area contributed by atoms with E-state index >= 15 is 0 Å². The fourth-order valence-electron chi connectivity index (χ4n) is 3.02. The molecule has 0 bridgehead atoms. The molecule has 0 atom stereocenters. The maximum Gasteiger partial charge on any atom is 0.412 e. The molecule has 1 heterocycles. The lowest BCUT2D eigenvalue weighted by Gasteiger charge is -2.29. The summed E-state index contributed by atoms with van der Waals surface area (Å²) < 4.78 is 10.6. The topological polar surface area (TPSA) is 106 Å². The van der Waals surface area contributed by atoms with E-state index in [4.69, 9.17) is 9.47 Å². The largest absolute Gasteiger partial charge is 0.444 e. The SMILES string of the molecule is CC(C)(C)OC(=O)Nc1ccc(Nc2cc(N3CCOCC3)ccc2[N+](=O)[O-])cc1. The van der Waals surface area contributed by atoms with Crippen LogP contribution in [0.5, 0.6) is 0 Å². The molecule has 1 fully saturated rings. The van der Waals surface area contributed by atoms with Crippen molar-refractivity contribution < 1.29 is 19.2 Å². The van der Waals surface area contributed by atoms with Crippen LogP contribution in [-0.4, -0.2) is 42.9 Å². The van der Waals surface area contributed by atoms with Crippen molar-refractivity contribution in [3.63, 3.8) is 0 Å². The fourth-order valence-corrected chi connectivity index (χ4v) is 3.02. The van der Waals surface area contributed by atoms with Crippen LogP contribution < -0.4 is 15.5 Å². The molecule has 0 aromatic heterocycles. The van der Waals surface area contributed by atoms with Gasteiger partial charge in [0.1, 0.15) is 11.3 Å². The number of carbonyl (C=O) groups excluding carboxylic acids is 1. The van der Waals surface area contributed by atoms with Gasteiger partial charge in [0.2, 0.25) is 0 Å². The van der Waals surface area contributed by atoms with Crippen molar-refractivity contribution >= 4 is 34.5 Å². The predicted molar refractivity (Wildman–Crippen MR) is 116 cm³/mol. The Bertz CT molecular complexity index is 903. The van der Waals surface area contributed by atoms with E-state index in [1.54, 1.807) is 57.2 Å². The molecule has 0 radical (unpaired) electrons. The second kappa shape index (κ2) is 9.00. The monoisotopic (exact) mass is 414 g/mol. The highest BCUT2D eigenvalue weighted by Gasteiger charge is 2.19. The molecule has 0 saturated carbocycles. The van der Waals surface area contributed by atoms with Crippen LogP contribution in [0, 0.1) is 10.1 Å². The van der Waals surface area contributed by atoms with Crippen molar-refractivity contribution in [2.24, 2.45) is 0 Å². The highest BCUT2D eigenvalue weighted by Crippen LogP contribution is 2.32. The van der Waals surface area contributed by atoms with Gasteiger partial charge in [0.25, 0.3) is 5.69 Å². The molecule has 0 unspecified atom stereocenters. The molecular weight excluding hydrogens is 388 g/mol. The Morgan fingerprint density at radius 3 is 2.33 bits per heavy atom. The van der Waals surface area contributed by atoms with Crippen molar-refractivity contribution in [3.05, 3.63) is 52.6 Å². The summed E-state index contributed by atoms with van der Waals surface area (Å²) in [4.78, 5) is 25.1. The molecule has 1 aliphatic rings. The summed E-state index contributed by atoms with van der Waals surface area (Å²) in [6, 6.07) is 11.9. The number of anilines is 4. The van der Waals surface area contributed by atoms with E-state index in [9.17, 15) is 14.9 Å². The van der Waals surface area contributed by atoms with Gasteiger partial charge in [0, 0.05) is 36.2 Å². The zero-order valence-corrected chi connectivity index (χ0v) is 17.3. The number of amides is 1. The molecule has 1 saturated heterocycles. The fraction of sp³-hybridized carbons (Fsp3) is 0.381. The lowest BCUT2D eigenvalue weighted by molar-refractivity contribution is -0.383. The molecule has 30 heavy (non-hydrogen) atoms. The highest BCUT2D eigenvalue weighted by atomic mass is 16.6. The molecule has 9 nitrogen and oxygen atoms in total. The molecule has 2 N–H and O–H groups in total. The third-order valence-corrected chi connectivity index (χ3v) is 4.36. The number of nitrogens with zero attached hydrogens (tertiary/aromatic N) is 2. The van der Waals surface area contributed by atoms with Gasteiger partial charge in [-0.2, -0.15) is 0 Å². The average Bonchev–Trinajstić information content (AvgIpc) is 2.68. The quantitative estimate of drug-likeness (QED) is 0.547. The highest BCUT2D eigenvalue weighted by molar-refractivity contribution is 5.85. The minimum absolute atomic E-state index is 0.0111. The van der Waals surface area contributed by atoms with E-state index in [2.05, 4.69) is 15.5 Å². The van der Waals surface area contributed by atoms with Gasteiger partial charge in [0.05, 0.1) is 18.1 Å². The van der Waals surface area contributed by atoms with Gasteiger partial charge in [-0.05, 0) is 57.2 Å². The minimum atomic E-state index is -0.587. The number of hydrogen-bond donors (Lipinski definition) is 2. The van der Waals surface area contributed by atoms with Crippen LogP contribution in [0.2, 0.25) is 0 Å². The van der Waals surface area contributed by atoms with Crippen molar-refractivity contribution in [3.8, 4) is 0 Å². The van der Waals surface area contributed by atoms with E-state index in [-0.39, 0.29) is 5.69 Å². The van der Waals surface area contributed by atoms with Crippen LogP contribution in [0.25, 0.3) is 0 Å². The zero-order valence-electron chi connectivity index (χ0n) is 17.3. The number of nitro benzene ring substituents is 1. The van der Waals surface area contributed by atoms with Crippen LogP contribution in [0.4, 0.5) is 33.2 Å². The number of nitrogens with one attached hydrogen (secondary N) is 2. The third-order valence-electron chi connectivity index (χ3n) is 4.36. The van der Waals surface area contributed by atoms with E-state index in [0.717, 1.165) is 18.8 Å². The lowest BCUT2D eigenvalue weighted by atomic mass is 10.2. The minimum Gasteiger partial charge on any atom is -0.444 e. The summed E-state index contributed by atoms with van der Waals surface area (Å²) >= 11 is 0. The van der Waals surface area contributed by atoms with E-state index in [1.807, 2.05) is 0 Å². The first kappa shape index (κ1) is 21.4. The lowest BCUT2D eigenvalue weighted by Crippen LogP contribution is -2.36. The zero-order chi connectivity index (χ0) is 21.7. The Morgan fingerprint density at radius 1 is 1.10 bits per heavy atom. The number of nitro groups is 1. The third kappa shape index (κ3) is 5.84. The van der Waals surface area contributed by atoms with E-state index < -0.39 is 16.6 Å². The standard InChI is InChI=1S/C21H26N4O5/c1-21(2,3)30-20(26)23-16-6-4-15(5-7-16)22-18-14-17(8-9-19(18)25(27)28)24-10-12-29-13-11-24/h4-9,14,22H,10-13H2,1-3H3,(H,23,26). The molecule has 0 aliphatic carbocycles. The van der Waals surface area contributed by atoms with Crippen LogP contribution in [0.1, 0.15) is 20.8 Å². The first-order valence-corrected chi connectivity index (χ1v) is 9.69. The second-order valence-electron chi connectivity index (χ2n) is 7.89. The molecule has 0 spiro atoms. The Morgan fingerprint density at radius 2 is 1.73 bits per heavy atom. The van der Waals surface area contributed by atoms with Gasteiger partial charge in [-0.3, -0.25) is 15.4 Å². The van der Waals surface area contributed by atoms with E-state index in [0.29, 0.717) is 30.3 Å². The summed E-state index contributed by atoms with van der Waals surface area (Å²) in [5, 5.41) is 17.2. The van der Waals surface area contributed by atoms with Crippen LogP contribution in [-0.2, 0) is 9.47 Å². The van der Waals surface area contributed by atoms with Gasteiger partial charge >= 0.3 is 6.09 Å². The number of benzene rings is 2. The summed E-state index contributed by atoms with van der Waals surface area (Å²) in [6.45, 7) is 8.11. The Balaban J connectivity index is 1.74.